The molecule has 0 aromatic carbocycles. The minimum absolute atomic E-state index is 0.109. The predicted octanol–water partition coefficient (Wildman–Crippen LogP) is -0.270. The Balaban J connectivity index is 2.77. The summed E-state index contributed by atoms with van der Waals surface area (Å²) in [6.45, 7) is 0. The van der Waals surface area contributed by atoms with E-state index < -0.39 is 4.46 Å². The third kappa shape index (κ3) is 1.63. The van der Waals surface area contributed by atoms with Crippen LogP contribution in [0.5, 0.6) is 0 Å². The molecule has 52 valence electrons. The van der Waals surface area contributed by atoms with Gasteiger partial charge in [-0.05, 0) is 0 Å². The maximum atomic E-state index is 10.7. The summed E-state index contributed by atoms with van der Waals surface area (Å²) in [5.41, 5.74) is 0. The summed E-state index contributed by atoms with van der Waals surface area (Å²) in [4.78, 5) is 10.7. The van der Waals surface area contributed by atoms with Crippen molar-refractivity contribution in [3.05, 3.63) is 12.2 Å². The van der Waals surface area contributed by atoms with Gasteiger partial charge in [-0.1, -0.05) is 0 Å². The van der Waals surface area contributed by atoms with Gasteiger partial charge in [-0.25, -0.2) is 0 Å². The number of hydrogen-bond donors (Lipinski definition) is 1. The second-order valence-electron chi connectivity index (χ2n) is 2.49. The summed E-state index contributed by atoms with van der Waals surface area (Å²) in [6, 6.07) is 0. The van der Waals surface area contributed by atoms with Gasteiger partial charge in [0.1, 0.15) is 0 Å². The second kappa shape index (κ2) is 2.79. The van der Waals surface area contributed by atoms with Crippen molar-refractivity contribution in [2.45, 2.75) is 17.3 Å². The molecule has 10 heavy (non-hydrogen) atoms. The Bertz CT molecular complexity index is 198. The fourth-order valence-electron chi connectivity index (χ4n) is 0.897. The SMILES string of the molecule is [CH2]=[Al][C]1(O)C=CC(=O)CC1. The van der Waals surface area contributed by atoms with E-state index in [1.165, 1.54) is 6.08 Å². The zero-order chi connectivity index (χ0) is 7.61. The number of ketones is 1. The molecule has 3 heteroatoms. The molecule has 0 saturated carbocycles. The van der Waals surface area contributed by atoms with Crippen molar-refractivity contribution < 1.29 is 9.90 Å². The number of rotatable bonds is 1. The van der Waals surface area contributed by atoms with Gasteiger partial charge in [0.05, 0.1) is 0 Å². The van der Waals surface area contributed by atoms with Gasteiger partial charge in [0.25, 0.3) is 0 Å². The number of allylic oxidation sites excluding steroid dienone is 1. The molecule has 1 atom stereocenters. The number of aliphatic hydroxyl groups is 1. The van der Waals surface area contributed by atoms with Gasteiger partial charge >= 0.3 is 65.3 Å². The monoisotopic (exact) mass is 152 g/mol. The van der Waals surface area contributed by atoms with Crippen LogP contribution in [0, 0.1) is 0 Å². The Labute approximate surface area is 65.8 Å². The summed E-state index contributed by atoms with van der Waals surface area (Å²) < 4.78 is -0.728. The molecule has 1 aliphatic carbocycles. The Morgan fingerprint density at radius 1 is 1.80 bits per heavy atom. The zero-order valence-corrected chi connectivity index (χ0v) is 6.86. The van der Waals surface area contributed by atoms with Crippen LogP contribution >= 0.6 is 0 Å². The summed E-state index contributed by atoms with van der Waals surface area (Å²) in [5.74, 6) is 0.109. The fraction of sp³-hybridized carbons (Fsp3) is 0.429. The normalized spacial score (nSPS) is 31.9. The molecule has 0 fully saturated rings. The third-order valence-electron chi connectivity index (χ3n) is 1.68. The van der Waals surface area contributed by atoms with Crippen molar-refractivity contribution in [1.82, 2.24) is 0 Å². The molecule has 0 aliphatic heterocycles. The van der Waals surface area contributed by atoms with Crippen LogP contribution in [-0.2, 0) is 4.79 Å². The fourth-order valence-corrected chi connectivity index (χ4v) is 1.48. The Morgan fingerprint density at radius 2 is 2.50 bits per heavy atom. The standard InChI is InChI=1S/C6H7O2.CH2.Al/c7-5-1-2-6(8)4-3-5;;/h1-2,7H,3-4H2;1H2;. The van der Waals surface area contributed by atoms with Gasteiger partial charge in [0.15, 0.2) is 0 Å². The average molecular weight is 152 g/mol. The second-order valence-corrected chi connectivity index (χ2v) is 3.90. The van der Waals surface area contributed by atoms with Gasteiger partial charge in [-0.3, -0.25) is 0 Å². The molecule has 1 unspecified atom stereocenters. The van der Waals surface area contributed by atoms with Crippen molar-refractivity contribution >= 4 is 25.9 Å². The van der Waals surface area contributed by atoms with Crippen molar-refractivity contribution in [2.75, 3.05) is 0 Å². The molecule has 0 bridgehead atoms. The van der Waals surface area contributed by atoms with Gasteiger partial charge in [-0.2, -0.15) is 0 Å². The van der Waals surface area contributed by atoms with E-state index in [2.05, 4.69) is 5.39 Å². The molecule has 0 amide bonds. The van der Waals surface area contributed by atoms with E-state index in [1.54, 1.807) is 6.08 Å². The predicted molar refractivity (Wildman–Crippen MR) is 41.2 cm³/mol. The van der Waals surface area contributed by atoms with Crippen molar-refractivity contribution in [2.24, 2.45) is 0 Å². The van der Waals surface area contributed by atoms with Crippen LogP contribution < -0.4 is 0 Å². The maximum absolute atomic E-state index is 10.7. The van der Waals surface area contributed by atoms with Crippen molar-refractivity contribution in [3.63, 3.8) is 0 Å². The Kier molecular flexibility index (Phi) is 2.20. The van der Waals surface area contributed by atoms with Crippen LogP contribution in [0.2, 0.25) is 0 Å². The summed E-state index contributed by atoms with van der Waals surface area (Å²) in [7, 11) is 0. The van der Waals surface area contributed by atoms with Gasteiger partial charge in [-0.15, -0.1) is 0 Å². The number of hydrogen-bond acceptors (Lipinski definition) is 2. The summed E-state index contributed by atoms with van der Waals surface area (Å²) in [5, 5.41) is 13.2. The van der Waals surface area contributed by atoms with Crippen LogP contribution in [0.25, 0.3) is 0 Å². The number of carbonyl (C=O) groups excluding carboxylic acids is 1. The van der Waals surface area contributed by atoms with Crippen LogP contribution in [0.4, 0.5) is 0 Å². The first-order valence-electron chi connectivity index (χ1n) is 3.24. The molecule has 0 heterocycles. The third-order valence-corrected chi connectivity index (χ3v) is 2.87. The molecule has 1 aliphatic rings. The molecule has 0 saturated heterocycles. The van der Waals surface area contributed by atoms with E-state index in [9.17, 15) is 9.90 Å². The molecule has 1 N–H and O–H groups in total. The molecule has 0 aromatic heterocycles. The first-order valence-corrected chi connectivity index (χ1v) is 4.64. The molecule has 0 radical (unpaired) electrons. The van der Waals surface area contributed by atoms with Crippen molar-refractivity contribution in [3.8, 4) is 0 Å². The van der Waals surface area contributed by atoms with Crippen LogP contribution in [-0.4, -0.2) is 35.5 Å². The summed E-state index contributed by atoms with van der Waals surface area (Å²) >= 11 is -0.234. The van der Waals surface area contributed by atoms with E-state index >= 15 is 0 Å². The molecule has 0 aromatic rings. The number of carbonyl (C=O) groups is 1. The minimum atomic E-state index is -0.728. The van der Waals surface area contributed by atoms with Crippen LogP contribution in [0.15, 0.2) is 12.2 Å². The molecular weight excluding hydrogens is 143 g/mol. The van der Waals surface area contributed by atoms with Gasteiger partial charge in [0, 0.05) is 0 Å². The van der Waals surface area contributed by atoms with E-state index in [0.29, 0.717) is 12.8 Å². The first kappa shape index (κ1) is 7.87. The zero-order valence-electron chi connectivity index (χ0n) is 5.71. The molecule has 0 spiro atoms. The van der Waals surface area contributed by atoms with E-state index in [-0.39, 0.29) is 20.6 Å². The van der Waals surface area contributed by atoms with Crippen LogP contribution in [0.3, 0.4) is 0 Å². The van der Waals surface area contributed by atoms with Crippen molar-refractivity contribution in [1.29, 1.82) is 0 Å². The topological polar surface area (TPSA) is 37.3 Å². The first-order chi connectivity index (χ1) is 4.66. The Hall–Kier alpha value is -0.228. The molecule has 2 nitrogen and oxygen atoms in total. The molecular formula is C7H9AlO2. The molecule has 1 rings (SSSR count). The van der Waals surface area contributed by atoms with E-state index in [4.69, 9.17) is 0 Å². The quantitative estimate of drug-likeness (QED) is 0.525. The van der Waals surface area contributed by atoms with E-state index in [1.807, 2.05) is 0 Å². The summed E-state index contributed by atoms with van der Waals surface area (Å²) in [6.07, 6.45) is 4.07. The average Bonchev–Trinajstić information content (AvgIpc) is 1.96. The Morgan fingerprint density at radius 3 is 2.90 bits per heavy atom. The van der Waals surface area contributed by atoms with Crippen LogP contribution in [0.1, 0.15) is 12.8 Å². The van der Waals surface area contributed by atoms with E-state index in [0.717, 1.165) is 0 Å². The van der Waals surface area contributed by atoms with Gasteiger partial charge in [0.2, 0.25) is 0 Å². The van der Waals surface area contributed by atoms with Gasteiger partial charge < -0.3 is 0 Å².